The summed E-state index contributed by atoms with van der Waals surface area (Å²) in [5, 5.41) is 0. The lowest BCUT2D eigenvalue weighted by molar-refractivity contribution is 0.0598. The number of hydrogen-bond donors (Lipinski definition) is 0. The molecule has 0 aliphatic heterocycles. The van der Waals surface area contributed by atoms with Crippen molar-refractivity contribution in [1.29, 1.82) is 0 Å². The van der Waals surface area contributed by atoms with E-state index in [4.69, 9.17) is 4.74 Å². The predicted molar refractivity (Wildman–Crippen MR) is 52.1 cm³/mol. The van der Waals surface area contributed by atoms with Gasteiger partial charge in [-0.15, -0.1) is 0 Å². The number of rotatable bonds is 3. The number of hydrogen-bond acceptors (Lipinski definition) is 5. The average Bonchev–Trinajstić information content (AvgIpc) is 2.28. The topological polar surface area (TPSA) is 65.0 Å². The quantitative estimate of drug-likeness (QED) is 0.427. The van der Waals surface area contributed by atoms with Crippen molar-refractivity contribution < 1.29 is 19.1 Å². The first-order valence-corrected chi connectivity index (χ1v) is 4.07. The van der Waals surface area contributed by atoms with Gasteiger partial charge in [-0.25, -0.2) is 9.59 Å². The summed E-state index contributed by atoms with van der Waals surface area (Å²) in [6, 6.07) is 4.69. The molecule has 5 nitrogen and oxygen atoms in total. The van der Waals surface area contributed by atoms with E-state index in [-0.39, 0.29) is 11.3 Å². The minimum Gasteiger partial charge on any atom is -0.496 e. The van der Waals surface area contributed by atoms with Crippen LogP contribution in [0, 0.1) is 0 Å². The van der Waals surface area contributed by atoms with Gasteiger partial charge in [0, 0.05) is 0 Å². The molecule has 0 aliphatic carbocycles. The Kier molecular flexibility index (Phi) is 3.60. The van der Waals surface area contributed by atoms with Crippen LogP contribution >= 0.6 is 0 Å². The lowest BCUT2D eigenvalue weighted by atomic mass is 10.1. The van der Waals surface area contributed by atoms with Gasteiger partial charge in [0.05, 0.1) is 19.9 Å². The molecule has 1 rings (SSSR count). The molecule has 5 heteroatoms. The number of ether oxygens (including phenoxy) is 2. The third kappa shape index (κ3) is 2.21. The molecule has 0 saturated carbocycles. The number of esters is 1. The first-order valence-electron chi connectivity index (χ1n) is 4.07. The summed E-state index contributed by atoms with van der Waals surface area (Å²) in [5.41, 5.74) is 0.294. The van der Waals surface area contributed by atoms with E-state index in [0.29, 0.717) is 5.75 Å². The highest BCUT2D eigenvalue weighted by molar-refractivity contribution is 5.98. The normalized spacial score (nSPS) is 8.93. The van der Waals surface area contributed by atoms with Crippen LogP contribution in [0.15, 0.2) is 23.2 Å². The van der Waals surface area contributed by atoms with Gasteiger partial charge in [-0.1, -0.05) is 6.07 Å². The van der Waals surface area contributed by atoms with Gasteiger partial charge in [0.25, 0.3) is 0 Å². The number of carbonyl (C=O) groups is 1. The van der Waals surface area contributed by atoms with Gasteiger partial charge in [-0.05, 0) is 12.1 Å². The van der Waals surface area contributed by atoms with E-state index in [2.05, 4.69) is 9.73 Å². The Hall–Kier alpha value is -2.13. The standard InChI is InChI=1S/C10H9NO4/c1-14-8-5-3-4-7(11-6-12)9(8)10(13)15-2/h3-5H,1-2H3. The van der Waals surface area contributed by atoms with Crippen LogP contribution in [0.4, 0.5) is 5.69 Å². The Morgan fingerprint density at radius 1 is 1.40 bits per heavy atom. The fraction of sp³-hybridized carbons (Fsp3) is 0.200. The van der Waals surface area contributed by atoms with Crippen molar-refractivity contribution in [3.05, 3.63) is 23.8 Å². The van der Waals surface area contributed by atoms with E-state index in [0.717, 1.165) is 0 Å². The van der Waals surface area contributed by atoms with Crippen LogP contribution in [0.1, 0.15) is 10.4 Å². The molecule has 0 fully saturated rings. The number of benzene rings is 1. The second kappa shape index (κ2) is 4.93. The summed E-state index contributed by atoms with van der Waals surface area (Å²) in [4.78, 5) is 24.9. The van der Waals surface area contributed by atoms with Gasteiger partial charge in [0.2, 0.25) is 6.08 Å². The average molecular weight is 207 g/mol. The highest BCUT2D eigenvalue weighted by Gasteiger charge is 2.17. The Bertz CT molecular complexity index is 421. The minimum absolute atomic E-state index is 0.117. The predicted octanol–water partition coefficient (Wildman–Crippen LogP) is 1.45. The summed E-state index contributed by atoms with van der Waals surface area (Å²) in [6.07, 6.45) is 1.37. The van der Waals surface area contributed by atoms with Crippen molar-refractivity contribution in [3.8, 4) is 5.75 Å². The van der Waals surface area contributed by atoms with Crippen LogP contribution in [0.5, 0.6) is 5.75 Å². The Labute approximate surface area is 86.3 Å². The maximum atomic E-state index is 11.4. The maximum Gasteiger partial charge on any atom is 0.343 e. The molecular formula is C10H9NO4. The zero-order chi connectivity index (χ0) is 11.3. The smallest absolute Gasteiger partial charge is 0.343 e. The van der Waals surface area contributed by atoms with Crippen LogP contribution in [0.25, 0.3) is 0 Å². The third-order valence-corrected chi connectivity index (χ3v) is 1.78. The Morgan fingerprint density at radius 2 is 2.13 bits per heavy atom. The van der Waals surface area contributed by atoms with E-state index in [1.165, 1.54) is 26.4 Å². The first kappa shape index (κ1) is 10.9. The van der Waals surface area contributed by atoms with Gasteiger partial charge in [-0.3, -0.25) is 0 Å². The molecule has 0 spiro atoms. The van der Waals surface area contributed by atoms with Gasteiger partial charge in [0.15, 0.2) is 0 Å². The van der Waals surface area contributed by atoms with Crippen molar-refractivity contribution >= 4 is 17.7 Å². The number of methoxy groups -OCH3 is 2. The molecule has 78 valence electrons. The van der Waals surface area contributed by atoms with Gasteiger partial charge < -0.3 is 9.47 Å². The van der Waals surface area contributed by atoms with Crippen molar-refractivity contribution in [2.24, 2.45) is 4.99 Å². The van der Waals surface area contributed by atoms with Crippen LogP contribution < -0.4 is 4.74 Å². The zero-order valence-corrected chi connectivity index (χ0v) is 8.31. The molecule has 1 aromatic carbocycles. The number of aliphatic imine (C=N–C) groups is 1. The summed E-state index contributed by atoms with van der Waals surface area (Å²) >= 11 is 0. The first-order chi connectivity index (χ1) is 7.24. The van der Waals surface area contributed by atoms with E-state index < -0.39 is 5.97 Å². The fourth-order valence-corrected chi connectivity index (χ4v) is 1.14. The number of isocyanates is 1. The van der Waals surface area contributed by atoms with Crippen molar-refractivity contribution in [2.75, 3.05) is 14.2 Å². The maximum absolute atomic E-state index is 11.4. The Morgan fingerprint density at radius 3 is 2.67 bits per heavy atom. The van der Waals surface area contributed by atoms with E-state index in [1.807, 2.05) is 0 Å². The fourth-order valence-electron chi connectivity index (χ4n) is 1.14. The summed E-state index contributed by atoms with van der Waals surface area (Å²) in [5.74, 6) is -0.306. The highest BCUT2D eigenvalue weighted by atomic mass is 16.5. The van der Waals surface area contributed by atoms with Gasteiger partial charge in [0.1, 0.15) is 11.3 Å². The van der Waals surface area contributed by atoms with Crippen molar-refractivity contribution in [3.63, 3.8) is 0 Å². The molecule has 0 N–H and O–H groups in total. The third-order valence-electron chi connectivity index (χ3n) is 1.78. The highest BCUT2D eigenvalue weighted by Crippen LogP contribution is 2.28. The number of carbonyl (C=O) groups excluding carboxylic acids is 2. The minimum atomic E-state index is -0.610. The van der Waals surface area contributed by atoms with E-state index in [1.54, 1.807) is 12.1 Å². The van der Waals surface area contributed by atoms with E-state index >= 15 is 0 Å². The lowest BCUT2D eigenvalue weighted by Gasteiger charge is -2.07. The molecule has 0 radical (unpaired) electrons. The Balaban J connectivity index is 3.39. The largest absolute Gasteiger partial charge is 0.496 e. The molecule has 0 aromatic heterocycles. The molecular weight excluding hydrogens is 198 g/mol. The monoisotopic (exact) mass is 207 g/mol. The van der Waals surface area contributed by atoms with Crippen LogP contribution in [-0.2, 0) is 9.53 Å². The molecule has 0 heterocycles. The number of nitrogens with zero attached hydrogens (tertiary/aromatic N) is 1. The van der Waals surface area contributed by atoms with Crippen molar-refractivity contribution in [1.82, 2.24) is 0 Å². The molecule has 0 unspecified atom stereocenters. The molecule has 0 saturated heterocycles. The molecule has 0 aliphatic rings. The van der Waals surface area contributed by atoms with Crippen LogP contribution in [0.3, 0.4) is 0 Å². The summed E-state index contributed by atoms with van der Waals surface area (Å²) < 4.78 is 9.52. The van der Waals surface area contributed by atoms with Gasteiger partial charge in [-0.2, -0.15) is 4.99 Å². The second-order valence-electron chi connectivity index (χ2n) is 2.55. The molecule has 0 amide bonds. The molecule has 0 bridgehead atoms. The second-order valence-corrected chi connectivity index (χ2v) is 2.55. The van der Waals surface area contributed by atoms with Crippen molar-refractivity contribution in [2.45, 2.75) is 0 Å². The summed E-state index contributed by atoms with van der Waals surface area (Å²) in [7, 11) is 2.65. The molecule has 1 aromatic rings. The molecule has 15 heavy (non-hydrogen) atoms. The summed E-state index contributed by atoms with van der Waals surface area (Å²) in [6.45, 7) is 0. The van der Waals surface area contributed by atoms with E-state index in [9.17, 15) is 9.59 Å². The molecule has 0 atom stereocenters. The van der Waals surface area contributed by atoms with Crippen LogP contribution in [-0.4, -0.2) is 26.3 Å². The SMILES string of the molecule is COC(=O)c1c(N=C=O)cccc1OC. The van der Waals surface area contributed by atoms with Gasteiger partial charge >= 0.3 is 5.97 Å². The van der Waals surface area contributed by atoms with Crippen LogP contribution in [0.2, 0.25) is 0 Å². The zero-order valence-electron chi connectivity index (χ0n) is 8.31. The lowest BCUT2D eigenvalue weighted by Crippen LogP contribution is -2.04.